The Morgan fingerprint density at radius 3 is 2.73 bits per heavy atom. The largest absolute Gasteiger partial charge is 0.494 e. The minimum absolute atomic E-state index is 0.195. The second-order valence-electron chi connectivity index (χ2n) is 4.61. The molecule has 2 aromatic carbocycles. The van der Waals surface area contributed by atoms with Gasteiger partial charge in [0.25, 0.3) is 5.91 Å². The first-order valence-corrected chi connectivity index (χ1v) is 7.96. The Bertz CT molecular complexity index is 815. The first-order chi connectivity index (χ1) is 10.7. The van der Waals surface area contributed by atoms with Crippen LogP contribution < -0.4 is 10.1 Å². The third kappa shape index (κ3) is 2.91. The lowest BCUT2D eigenvalue weighted by atomic mass is 10.1. The average molecular weight is 333 g/mol. The van der Waals surface area contributed by atoms with Gasteiger partial charge in [-0.1, -0.05) is 29.5 Å². The number of hydrogen-bond acceptors (Lipinski definition) is 4. The molecule has 4 nitrogen and oxygen atoms in total. The topological polar surface area (TPSA) is 51.2 Å². The smallest absolute Gasteiger partial charge is 0.257 e. The molecule has 0 unspecified atom stereocenters. The van der Waals surface area contributed by atoms with Crippen LogP contribution in [0.15, 0.2) is 42.5 Å². The van der Waals surface area contributed by atoms with E-state index in [0.29, 0.717) is 22.3 Å². The van der Waals surface area contributed by atoms with E-state index in [9.17, 15) is 4.79 Å². The Hall–Kier alpha value is -2.11. The summed E-state index contributed by atoms with van der Waals surface area (Å²) in [6.45, 7) is 0. The maximum absolute atomic E-state index is 12.2. The summed E-state index contributed by atoms with van der Waals surface area (Å²) in [5, 5.41) is 3.36. The van der Waals surface area contributed by atoms with Gasteiger partial charge in [0.15, 0.2) is 5.13 Å². The molecule has 0 fully saturated rings. The van der Waals surface area contributed by atoms with Gasteiger partial charge >= 0.3 is 0 Å². The van der Waals surface area contributed by atoms with Crippen LogP contribution in [0.4, 0.5) is 5.13 Å². The van der Waals surface area contributed by atoms with Crippen LogP contribution in [0.3, 0.4) is 0 Å². The molecule has 0 aliphatic heterocycles. The Balaban J connectivity index is 1.84. The monoisotopic (exact) mass is 332 g/mol. The molecule has 0 saturated carbocycles. The van der Waals surface area contributed by atoms with Crippen LogP contribution in [-0.2, 0) is 5.88 Å². The molecule has 112 valence electrons. The summed E-state index contributed by atoms with van der Waals surface area (Å²) in [5.41, 5.74) is 2.30. The van der Waals surface area contributed by atoms with Crippen LogP contribution in [0.2, 0.25) is 0 Å². The predicted molar refractivity (Wildman–Crippen MR) is 90.1 cm³/mol. The van der Waals surface area contributed by atoms with Crippen molar-refractivity contribution in [2.75, 3.05) is 12.4 Å². The summed E-state index contributed by atoms with van der Waals surface area (Å²) >= 11 is 7.15. The van der Waals surface area contributed by atoms with E-state index in [2.05, 4.69) is 10.3 Å². The fourth-order valence-electron chi connectivity index (χ4n) is 2.06. The number of carbonyl (C=O) groups excluding carboxylic acids is 1. The molecular formula is C16H13ClN2O2S. The number of benzene rings is 2. The number of halogens is 1. The summed E-state index contributed by atoms with van der Waals surface area (Å²) in [5.74, 6) is 0.930. The van der Waals surface area contributed by atoms with Crippen LogP contribution in [0.1, 0.15) is 15.9 Å². The van der Waals surface area contributed by atoms with Crippen molar-refractivity contribution < 1.29 is 9.53 Å². The molecule has 0 radical (unpaired) electrons. The lowest BCUT2D eigenvalue weighted by Crippen LogP contribution is -2.11. The van der Waals surface area contributed by atoms with Crippen molar-refractivity contribution in [2.45, 2.75) is 5.88 Å². The van der Waals surface area contributed by atoms with Gasteiger partial charge in [-0.25, -0.2) is 4.98 Å². The summed E-state index contributed by atoms with van der Waals surface area (Å²) in [6, 6.07) is 12.9. The van der Waals surface area contributed by atoms with Gasteiger partial charge in [-0.05, 0) is 29.8 Å². The number of methoxy groups -OCH3 is 1. The standard InChI is InChI=1S/C16H13ClN2O2S/c1-21-12-3-2-4-13-14(12)18-16(22-13)19-15(20)11-7-5-10(9-17)6-8-11/h2-8H,9H2,1H3,(H,18,19,20). The number of fused-ring (bicyclic) bond motifs is 1. The number of rotatable bonds is 4. The van der Waals surface area contributed by atoms with Gasteiger partial charge in [-0.2, -0.15) is 0 Å². The number of carbonyl (C=O) groups is 1. The number of anilines is 1. The van der Waals surface area contributed by atoms with E-state index >= 15 is 0 Å². The summed E-state index contributed by atoms with van der Waals surface area (Å²) < 4.78 is 6.24. The lowest BCUT2D eigenvalue weighted by Gasteiger charge is -2.02. The minimum Gasteiger partial charge on any atom is -0.494 e. The van der Waals surface area contributed by atoms with Crippen molar-refractivity contribution in [1.82, 2.24) is 4.98 Å². The molecule has 6 heteroatoms. The third-order valence-electron chi connectivity index (χ3n) is 3.19. The van der Waals surface area contributed by atoms with Gasteiger partial charge in [0.2, 0.25) is 0 Å². The van der Waals surface area contributed by atoms with Crippen LogP contribution in [-0.4, -0.2) is 18.0 Å². The van der Waals surface area contributed by atoms with Gasteiger partial charge < -0.3 is 4.74 Å². The third-order valence-corrected chi connectivity index (χ3v) is 4.44. The maximum Gasteiger partial charge on any atom is 0.257 e. The van der Waals surface area contributed by atoms with E-state index in [1.807, 2.05) is 30.3 Å². The van der Waals surface area contributed by atoms with Crippen LogP contribution in [0.25, 0.3) is 10.2 Å². The molecule has 0 aliphatic rings. The highest BCUT2D eigenvalue weighted by Gasteiger charge is 2.12. The average Bonchev–Trinajstić information content (AvgIpc) is 2.97. The normalized spacial score (nSPS) is 10.6. The number of nitrogens with zero attached hydrogens (tertiary/aromatic N) is 1. The first kappa shape index (κ1) is 14.8. The van der Waals surface area contributed by atoms with Gasteiger partial charge in [-0.15, -0.1) is 11.6 Å². The first-order valence-electron chi connectivity index (χ1n) is 6.61. The molecule has 1 amide bonds. The number of aromatic nitrogens is 1. The zero-order chi connectivity index (χ0) is 15.5. The molecule has 0 atom stereocenters. The quantitative estimate of drug-likeness (QED) is 0.725. The zero-order valence-corrected chi connectivity index (χ0v) is 13.4. The van der Waals surface area contributed by atoms with E-state index in [-0.39, 0.29) is 5.91 Å². The second-order valence-corrected chi connectivity index (χ2v) is 5.91. The molecule has 0 spiro atoms. The highest BCUT2D eigenvalue weighted by Crippen LogP contribution is 2.32. The van der Waals surface area contributed by atoms with Crippen LogP contribution >= 0.6 is 22.9 Å². The summed E-state index contributed by atoms with van der Waals surface area (Å²) in [7, 11) is 1.60. The van der Waals surface area contributed by atoms with E-state index < -0.39 is 0 Å². The molecule has 1 heterocycles. The molecule has 1 aromatic heterocycles. The van der Waals surface area contributed by atoms with Crippen molar-refractivity contribution in [3.8, 4) is 5.75 Å². The van der Waals surface area contributed by atoms with Crippen molar-refractivity contribution >= 4 is 44.2 Å². The van der Waals surface area contributed by atoms with Gasteiger partial charge in [0.05, 0.1) is 11.8 Å². The number of amides is 1. The van der Waals surface area contributed by atoms with Crippen LogP contribution in [0.5, 0.6) is 5.75 Å². The highest BCUT2D eigenvalue weighted by molar-refractivity contribution is 7.22. The van der Waals surface area contributed by atoms with E-state index in [0.717, 1.165) is 15.8 Å². The fourth-order valence-corrected chi connectivity index (χ4v) is 3.11. The minimum atomic E-state index is -0.195. The summed E-state index contributed by atoms with van der Waals surface area (Å²) in [4.78, 5) is 16.7. The molecule has 1 N–H and O–H groups in total. The molecule has 0 aliphatic carbocycles. The molecule has 22 heavy (non-hydrogen) atoms. The van der Waals surface area contributed by atoms with Crippen LogP contribution in [0, 0.1) is 0 Å². The second kappa shape index (κ2) is 6.34. The molecule has 3 rings (SSSR count). The lowest BCUT2D eigenvalue weighted by molar-refractivity contribution is 0.102. The Morgan fingerprint density at radius 2 is 2.05 bits per heavy atom. The Labute approximate surface area is 136 Å². The van der Waals surface area contributed by atoms with Crippen molar-refractivity contribution in [2.24, 2.45) is 0 Å². The van der Waals surface area contributed by atoms with E-state index in [1.165, 1.54) is 11.3 Å². The zero-order valence-electron chi connectivity index (χ0n) is 11.8. The fraction of sp³-hybridized carbons (Fsp3) is 0.125. The predicted octanol–water partition coefficient (Wildman–Crippen LogP) is 4.30. The number of alkyl halides is 1. The summed E-state index contributed by atoms with van der Waals surface area (Å²) in [6.07, 6.45) is 0. The number of para-hydroxylation sites is 1. The molecular weight excluding hydrogens is 320 g/mol. The van der Waals surface area contributed by atoms with Crippen molar-refractivity contribution in [3.05, 3.63) is 53.6 Å². The van der Waals surface area contributed by atoms with Crippen molar-refractivity contribution in [3.63, 3.8) is 0 Å². The number of ether oxygens (including phenoxy) is 1. The number of nitrogens with one attached hydrogen (secondary N) is 1. The number of thiazole rings is 1. The Kier molecular flexibility index (Phi) is 4.27. The SMILES string of the molecule is COc1cccc2sc(NC(=O)c3ccc(CCl)cc3)nc12. The highest BCUT2D eigenvalue weighted by atomic mass is 35.5. The Morgan fingerprint density at radius 1 is 1.27 bits per heavy atom. The van der Waals surface area contributed by atoms with E-state index in [1.54, 1.807) is 19.2 Å². The number of hydrogen-bond donors (Lipinski definition) is 1. The van der Waals surface area contributed by atoms with Crippen molar-refractivity contribution in [1.29, 1.82) is 0 Å². The molecule has 0 saturated heterocycles. The van der Waals surface area contributed by atoms with Gasteiger partial charge in [-0.3, -0.25) is 10.1 Å². The van der Waals surface area contributed by atoms with Gasteiger partial charge in [0.1, 0.15) is 11.3 Å². The maximum atomic E-state index is 12.2. The molecule has 3 aromatic rings. The van der Waals surface area contributed by atoms with E-state index in [4.69, 9.17) is 16.3 Å². The molecule has 0 bridgehead atoms. The van der Waals surface area contributed by atoms with Gasteiger partial charge in [0, 0.05) is 11.4 Å².